The van der Waals surface area contributed by atoms with Crippen LogP contribution in [-0.2, 0) is 4.79 Å². The first-order valence-corrected chi connectivity index (χ1v) is 11.2. The van der Waals surface area contributed by atoms with Gasteiger partial charge in [0, 0.05) is 6.92 Å². The Kier molecular flexibility index (Phi) is 6.08. The maximum atomic E-state index is 13.0. The van der Waals surface area contributed by atoms with Gasteiger partial charge in [0.15, 0.2) is 0 Å². The zero-order valence-corrected chi connectivity index (χ0v) is 17.1. The minimum Gasteiger partial charge on any atom is -0.272 e. The monoisotopic (exact) mass is 376 g/mol. The van der Waals surface area contributed by atoms with Crippen LogP contribution in [0.15, 0.2) is 91.0 Å². The van der Waals surface area contributed by atoms with Crippen molar-refractivity contribution in [3.8, 4) is 0 Å². The number of carbonyl (C=O) groups is 1. The van der Waals surface area contributed by atoms with E-state index >= 15 is 0 Å². The Morgan fingerprint density at radius 1 is 0.741 bits per heavy atom. The quantitative estimate of drug-likeness (QED) is 0.584. The molecule has 3 rings (SSSR count). The van der Waals surface area contributed by atoms with E-state index in [-0.39, 0.29) is 5.91 Å². The van der Waals surface area contributed by atoms with Crippen molar-refractivity contribution in [1.29, 1.82) is 0 Å². The maximum absolute atomic E-state index is 13.0. The number of carbonyl (C=O) groups excluding carboxylic acids is 1. The lowest BCUT2D eigenvalue weighted by molar-refractivity contribution is -0.124. The van der Waals surface area contributed by atoms with Crippen LogP contribution in [0.4, 0.5) is 0 Å². The second kappa shape index (κ2) is 8.50. The zero-order valence-electron chi connectivity index (χ0n) is 16.2. The maximum Gasteiger partial charge on any atom is 0.251 e. The molecule has 0 spiro atoms. The molecule has 3 heteroatoms. The normalized spacial score (nSPS) is 11.4. The summed E-state index contributed by atoms with van der Waals surface area (Å²) in [6.45, 7) is 6.77. The van der Waals surface area contributed by atoms with Crippen molar-refractivity contribution in [2.45, 2.75) is 20.8 Å². The van der Waals surface area contributed by atoms with Crippen LogP contribution in [0.25, 0.3) is 0 Å². The average molecular weight is 376 g/mol. The summed E-state index contributed by atoms with van der Waals surface area (Å²) in [4.78, 5) is 13.0. The molecule has 0 N–H and O–H groups in total. The molecule has 0 aliphatic heterocycles. The fraction of sp³-hybridized carbons (Fsp3) is 0.208. The van der Waals surface area contributed by atoms with E-state index in [0.29, 0.717) is 5.92 Å². The number of nitrogens with zero attached hydrogens (tertiary/aromatic N) is 1. The average Bonchev–Trinajstić information content (AvgIpc) is 2.70. The standard InChI is InChI=1S/C24H27NOP/c1-20(2)19-25(21(3)26)27(22-13-7-4-8-14-22,23-15-9-5-10-16-23)24-17-11-6-12-18-24/h4-18,20H,19H2,1-3H3/q+1. The number of hydrogen-bond acceptors (Lipinski definition) is 1. The van der Waals surface area contributed by atoms with Crippen molar-refractivity contribution in [3.63, 3.8) is 0 Å². The summed E-state index contributed by atoms with van der Waals surface area (Å²) >= 11 is 0. The molecular weight excluding hydrogens is 349 g/mol. The molecule has 0 fully saturated rings. The Morgan fingerprint density at radius 2 is 1.07 bits per heavy atom. The summed E-state index contributed by atoms with van der Waals surface area (Å²) in [5.41, 5.74) is 0. The van der Waals surface area contributed by atoms with Crippen LogP contribution in [0, 0.1) is 5.92 Å². The third-order valence-electron chi connectivity index (χ3n) is 4.65. The summed E-state index contributed by atoms with van der Waals surface area (Å²) in [7, 11) is -2.29. The lowest BCUT2D eigenvalue weighted by Gasteiger charge is -2.37. The lowest BCUT2D eigenvalue weighted by Crippen LogP contribution is -2.46. The number of amides is 1. The predicted octanol–water partition coefficient (Wildman–Crippen LogP) is 4.40. The predicted molar refractivity (Wildman–Crippen MR) is 117 cm³/mol. The molecular formula is C24H27NOP+. The number of benzene rings is 3. The first-order valence-electron chi connectivity index (χ1n) is 9.41. The Labute approximate surface area is 163 Å². The van der Waals surface area contributed by atoms with Gasteiger partial charge in [0.05, 0.1) is 6.54 Å². The van der Waals surface area contributed by atoms with E-state index < -0.39 is 7.41 Å². The van der Waals surface area contributed by atoms with Gasteiger partial charge in [-0.1, -0.05) is 68.4 Å². The van der Waals surface area contributed by atoms with Crippen molar-refractivity contribution in [3.05, 3.63) is 91.0 Å². The third kappa shape index (κ3) is 3.82. The van der Waals surface area contributed by atoms with Gasteiger partial charge in [0.25, 0.3) is 5.91 Å². The van der Waals surface area contributed by atoms with E-state index in [4.69, 9.17) is 0 Å². The van der Waals surface area contributed by atoms with Gasteiger partial charge in [0.1, 0.15) is 15.9 Å². The van der Waals surface area contributed by atoms with E-state index in [0.717, 1.165) is 6.54 Å². The molecule has 3 aromatic rings. The highest BCUT2D eigenvalue weighted by molar-refractivity contribution is 7.94. The summed E-state index contributed by atoms with van der Waals surface area (Å²) < 4.78 is 2.14. The van der Waals surface area contributed by atoms with Gasteiger partial charge >= 0.3 is 0 Å². The zero-order chi connectivity index (χ0) is 19.3. The molecule has 0 atom stereocenters. The summed E-state index contributed by atoms with van der Waals surface area (Å²) in [6, 6.07) is 31.6. The highest BCUT2D eigenvalue weighted by Gasteiger charge is 2.53. The van der Waals surface area contributed by atoms with Crippen LogP contribution < -0.4 is 15.9 Å². The third-order valence-corrected chi connectivity index (χ3v) is 8.96. The van der Waals surface area contributed by atoms with E-state index in [1.165, 1.54) is 15.9 Å². The smallest absolute Gasteiger partial charge is 0.251 e. The van der Waals surface area contributed by atoms with Crippen molar-refractivity contribution in [2.75, 3.05) is 6.54 Å². The van der Waals surface area contributed by atoms with E-state index in [9.17, 15) is 4.79 Å². The van der Waals surface area contributed by atoms with Crippen LogP contribution in [-0.4, -0.2) is 17.1 Å². The first-order chi connectivity index (χ1) is 13.1. The van der Waals surface area contributed by atoms with Crippen LogP contribution in [0.5, 0.6) is 0 Å². The molecule has 1 amide bonds. The molecule has 0 aliphatic carbocycles. The molecule has 0 saturated heterocycles. The Morgan fingerprint density at radius 3 is 1.33 bits per heavy atom. The molecule has 0 heterocycles. The fourth-order valence-electron chi connectivity index (χ4n) is 3.60. The molecule has 3 aromatic carbocycles. The minimum absolute atomic E-state index is 0.119. The van der Waals surface area contributed by atoms with E-state index in [1.54, 1.807) is 6.92 Å². The summed E-state index contributed by atoms with van der Waals surface area (Å²) in [6.07, 6.45) is 0. The van der Waals surface area contributed by atoms with Gasteiger partial charge in [-0.25, -0.2) is 4.67 Å². The van der Waals surface area contributed by atoms with Crippen molar-refractivity contribution in [2.24, 2.45) is 5.92 Å². The molecule has 0 bridgehead atoms. The van der Waals surface area contributed by atoms with Crippen LogP contribution in [0.1, 0.15) is 20.8 Å². The fourth-order valence-corrected chi connectivity index (χ4v) is 8.14. The second-order valence-electron chi connectivity index (χ2n) is 7.14. The first kappa shape index (κ1) is 19.3. The van der Waals surface area contributed by atoms with Crippen LogP contribution in [0.2, 0.25) is 0 Å². The Balaban J connectivity index is 2.40. The van der Waals surface area contributed by atoms with Gasteiger partial charge in [-0.15, -0.1) is 0 Å². The van der Waals surface area contributed by atoms with Crippen LogP contribution in [0.3, 0.4) is 0 Å². The summed E-state index contributed by atoms with van der Waals surface area (Å²) in [5, 5.41) is 3.62. The Hall–Kier alpha value is -2.44. The molecule has 0 unspecified atom stereocenters. The molecule has 0 saturated carbocycles. The minimum atomic E-state index is -2.29. The number of hydrogen-bond donors (Lipinski definition) is 0. The molecule has 2 nitrogen and oxygen atoms in total. The highest BCUT2D eigenvalue weighted by Crippen LogP contribution is 2.58. The number of rotatable bonds is 6. The van der Waals surface area contributed by atoms with Gasteiger partial charge < -0.3 is 0 Å². The largest absolute Gasteiger partial charge is 0.272 e. The van der Waals surface area contributed by atoms with Gasteiger partial charge in [-0.3, -0.25) is 4.79 Å². The molecule has 0 aromatic heterocycles. The molecule has 0 radical (unpaired) electrons. The van der Waals surface area contributed by atoms with Crippen molar-refractivity contribution in [1.82, 2.24) is 4.67 Å². The van der Waals surface area contributed by atoms with E-state index in [1.807, 2.05) is 18.2 Å². The van der Waals surface area contributed by atoms with Crippen molar-refractivity contribution < 1.29 is 4.79 Å². The summed E-state index contributed by atoms with van der Waals surface area (Å²) in [5.74, 6) is 0.498. The van der Waals surface area contributed by atoms with E-state index in [2.05, 4.69) is 91.3 Å². The highest BCUT2D eigenvalue weighted by atomic mass is 31.2. The second-order valence-corrected chi connectivity index (χ2v) is 10.4. The molecule has 0 aliphatic rings. The van der Waals surface area contributed by atoms with Gasteiger partial charge in [0.2, 0.25) is 7.41 Å². The SMILES string of the molecule is CC(=O)N(CC(C)C)[P+](c1ccccc1)(c1ccccc1)c1ccccc1. The van der Waals surface area contributed by atoms with Gasteiger partial charge in [-0.2, -0.15) is 0 Å². The van der Waals surface area contributed by atoms with Crippen molar-refractivity contribution >= 4 is 29.2 Å². The lowest BCUT2D eigenvalue weighted by atomic mass is 10.2. The van der Waals surface area contributed by atoms with Crippen LogP contribution >= 0.6 is 7.41 Å². The Bertz CT molecular complexity index is 766. The topological polar surface area (TPSA) is 20.3 Å². The molecule has 138 valence electrons. The molecule has 27 heavy (non-hydrogen) atoms. The van der Waals surface area contributed by atoms with Gasteiger partial charge in [-0.05, 0) is 42.3 Å².